The summed E-state index contributed by atoms with van der Waals surface area (Å²) in [6.07, 6.45) is 0.824. The molecule has 0 unspecified atom stereocenters. The van der Waals surface area contributed by atoms with Gasteiger partial charge in [0.15, 0.2) is 5.43 Å². The lowest BCUT2D eigenvalue weighted by molar-refractivity contribution is 0.613. The predicted octanol–water partition coefficient (Wildman–Crippen LogP) is 4.95. The number of benzene rings is 2. The fourth-order valence-corrected chi connectivity index (χ4v) is 3.02. The fourth-order valence-electron chi connectivity index (χ4n) is 3.02. The SMILES string of the molecule is CCc1cccc2oc(-c3ccc(C)cc3C)c(C)c(=O)c12. The first kappa shape index (κ1) is 14.6. The topological polar surface area (TPSA) is 30.2 Å². The molecule has 3 aromatic rings. The Morgan fingerprint density at radius 2 is 1.82 bits per heavy atom. The van der Waals surface area contributed by atoms with E-state index in [4.69, 9.17) is 4.42 Å². The Kier molecular flexibility index (Phi) is 3.61. The van der Waals surface area contributed by atoms with Crippen molar-refractivity contribution >= 4 is 11.0 Å². The molecule has 0 bridgehead atoms. The molecule has 1 heterocycles. The van der Waals surface area contributed by atoms with Crippen LogP contribution in [0.3, 0.4) is 0 Å². The minimum atomic E-state index is 0.0775. The molecule has 112 valence electrons. The van der Waals surface area contributed by atoms with E-state index in [1.54, 1.807) is 0 Å². The van der Waals surface area contributed by atoms with Crippen molar-refractivity contribution < 1.29 is 4.42 Å². The highest BCUT2D eigenvalue weighted by molar-refractivity contribution is 5.83. The van der Waals surface area contributed by atoms with E-state index in [1.807, 2.05) is 31.2 Å². The van der Waals surface area contributed by atoms with Gasteiger partial charge < -0.3 is 4.42 Å². The van der Waals surface area contributed by atoms with Crippen LogP contribution in [0.4, 0.5) is 0 Å². The molecule has 3 rings (SSSR count). The minimum Gasteiger partial charge on any atom is -0.456 e. The molecule has 2 nitrogen and oxygen atoms in total. The van der Waals surface area contributed by atoms with E-state index in [2.05, 4.69) is 32.9 Å². The van der Waals surface area contributed by atoms with Gasteiger partial charge in [-0.2, -0.15) is 0 Å². The third-order valence-corrected chi connectivity index (χ3v) is 4.24. The van der Waals surface area contributed by atoms with Crippen molar-refractivity contribution in [2.24, 2.45) is 0 Å². The molecule has 0 amide bonds. The normalized spacial score (nSPS) is 11.1. The smallest absolute Gasteiger partial charge is 0.196 e. The second-order valence-electron chi connectivity index (χ2n) is 5.85. The van der Waals surface area contributed by atoms with Crippen LogP contribution in [0.15, 0.2) is 45.6 Å². The van der Waals surface area contributed by atoms with Crippen molar-refractivity contribution in [3.05, 3.63) is 68.9 Å². The zero-order chi connectivity index (χ0) is 15.9. The summed E-state index contributed by atoms with van der Waals surface area (Å²) in [7, 11) is 0. The van der Waals surface area contributed by atoms with Gasteiger partial charge in [-0.3, -0.25) is 4.79 Å². The van der Waals surface area contributed by atoms with E-state index in [1.165, 1.54) is 5.56 Å². The van der Waals surface area contributed by atoms with Crippen LogP contribution in [-0.4, -0.2) is 0 Å². The van der Waals surface area contributed by atoms with Crippen LogP contribution in [0.25, 0.3) is 22.3 Å². The summed E-state index contributed by atoms with van der Waals surface area (Å²) >= 11 is 0. The summed E-state index contributed by atoms with van der Waals surface area (Å²) in [6, 6.07) is 12.0. The molecule has 0 saturated heterocycles. The van der Waals surface area contributed by atoms with Crippen molar-refractivity contribution in [1.29, 1.82) is 0 Å². The molecule has 0 aliphatic heterocycles. The summed E-state index contributed by atoms with van der Waals surface area (Å²) in [5.74, 6) is 0.684. The van der Waals surface area contributed by atoms with Crippen LogP contribution in [0.2, 0.25) is 0 Å². The molecular weight excluding hydrogens is 272 g/mol. The largest absolute Gasteiger partial charge is 0.456 e. The molecule has 2 aromatic carbocycles. The van der Waals surface area contributed by atoms with E-state index in [0.29, 0.717) is 16.9 Å². The molecule has 0 saturated carbocycles. The van der Waals surface area contributed by atoms with Crippen LogP contribution >= 0.6 is 0 Å². The van der Waals surface area contributed by atoms with Gasteiger partial charge in [-0.25, -0.2) is 0 Å². The van der Waals surface area contributed by atoms with E-state index < -0.39 is 0 Å². The predicted molar refractivity (Wildman–Crippen MR) is 91.5 cm³/mol. The van der Waals surface area contributed by atoms with E-state index in [0.717, 1.165) is 28.5 Å². The molecule has 0 spiro atoms. The summed E-state index contributed by atoms with van der Waals surface area (Å²) in [5, 5.41) is 0.719. The highest BCUT2D eigenvalue weighted by Crippen LogP contribution is 2.29. The number of hydrogen-bond acceptors (Lipinski definition) is 2. The first-order chi connectivity index (χ1) is 10.5. The summed E-state index contributed by atoms with van der Waals surface area (Å²) in [4.78, 5) is 12.8. The maximum atomic E-state index is 12.8. The lowest BCUT2D eigenvalue weighted by Gasteiger charge is -2.11. The second kappa shape index (κ2) is 5.45. The van der Waals surface area contributed by atoms with Gasteiger partial charge >= 0.3 is 0 Å². The molecular formula is C20H20O2. The van der Waals surface area contributed by atoms with Crippen LogP contribution < -0.4 is 5.43 Å². The van der Waals surface area contributed by atoms with Crippen molar-refractivity contribution in [2.75, 3.05) is 0 Å². The van der Waals surface area contributed by atoms with Gasteiger partial charge in [-0.1, -0.05) is 42.8 Å². The van der Waals surface area contributed by atoms with Gasteiger partial charge in [-0.15, -0.1) is 0 Å². The van der Waals surface area contributed by atoms with E-state index >= 15 is 0 Å². The Morgan fingerprint density at radius 1 is 1.05 bits per heavy atom. The number of aryl methyl sites for hydroxylation is 3. The standard InChI is InChI=1S/C20H20O2/c1-5-15-7-6-8-17-18(15)19(21)14(4)20(22-17)16-10-9-12(2)11-13(16)3/h6-11H,5H2,1-4H3. The summed E-state index contributed by atoms with van der Waals surface area (Å²) < 4.78 is 6.12. The average molecular weight is 292 g/mol. The Morgan fingerprint density at radius 3 is 2.50 bits per heavy atom. The van der Waals surface area contributed by atoms with Gasteiger partial charge in [0.25, 0.3) is 0 Å². The van der Waals surface area contributed by atoms with Crippen molar-refractivity contribution in [3.8, 4) is 11.3 Å². The van der Waals surface area contributed by atoms with Gasteiger partial charge in [0.2, 0.25) is 0 Å². The van der Waals surface area contributed by atoms with Crippen LogP contribution in [-0.2, 0) is 6.42 Å². The molecule has 2 heteroatoms. The zero-order valence-electron chi connectivity index (χ0n) is 13.5. The lowest BCUT2D eigenvalue weighted by atomic mass is 9.98. The molecule has 0 radical (unpaired) electrons. The van der Waals surface area contributed by atoms with Crippen molar-refractivity contribution in [3.63, 3.8) is 0 Å². The third kappa shape index (κ3) is 2.25. The highest BCUT2D eigenvalue weighted by atomic mass is 16.3. The lowest BCUT2D eigenvalue weighted by Crippen LogP contribution is -2.09. The zero-order valence-corrected chi connectivity index (χ0v) is 13.5. The molecule has 0 atom stereocenters. The number of fused-ring (bicyclic) bond motifs is 1. The average Bonchev–Trinajstić information content (AvgIpc) is 2.50. The maximum Gasteiger partial charge on any atom is 0.196 e. The van der Waals surface area contributed by atoms with Crippen molar-refractivity contribution in [2.45, 2.75) is 34.1 Å². The summed E-state index contributed by atoms with van der Waals surface area (Å²) in [5.41, 5.74) is 5.79. The number of hydrogen-bond donors (Lipinski definition) is 0. The monoisotopic (exact) mass is 292 g/mol. The Bertz CT molecular complexity index is 917. The van der Waals surface area contributed by atoms with Crippen LogP contribution in [0.5, 0.6) is 0 Å². The van der Waals surface area contributed by atoms with Gasteiger partial charge in [0, 0.05) is 11.1 Å². The van der Waals surface area contributed by atoms with E-state index in [-0.39, 0.29) is 5.43 Å². The fraction of sp³-hybridized carbons (Fsp3) is 0.250. The Labute approximate surface area is 130 Å². The highest BCUT2D eigenvalue weighted by Gasteiger charge is 2.15. The van der Waals surface area contributed by atoms with Gasteiger partial charge in [-0.05, 0) is 44.4 Å². The van der Waals surface area contributed by atoms with E-state index in [9.17, 15) is 4.79 Å². The first-order valence-electron chi connectivity index (χ1n) is 7.66. The first-order valence-corrected chi connectivity index (χ1v) is 7.66. The molecule has 1 aromatic heterocycles. The Hall–Kier alpha value is -2.35. The summed E-state index contributed by atoms with van der Waals surface area (Å²) in [6.45, 7) is 8.02. The van der Waals surface area contributed by atoms with Crippen molar-refractivity contribution in [1.82, 2.24) is 0 Å². The molecule has 0 aliphatic carbocycles. The minimum absolute atomic E-state index is 0.0775. The Balaban J connectivity index is 2.37. The van der Waals surface area contributed by atoms with Crippen LogP contribution in [0.1, 0.15) is 29.2 Å². The quantitative estimate of drug-likeness (QED) is 0.669. The molecule has 22 heavy (non-hydrogen) atoms. The molecule has 0 aliphatic rings. The molecule has 0 fully saturated rings. The van der Waals surface area contributed by atoms with Gasteiger partial charge in [0.1, 0.15) is 11.3 Å². The maximum absolute atomic E-state index is 12.8. The third-order valence-electron chi connectivity index (χ3n) is 4.24. The van der Waals surface area contributed by atoms with Crippen LogP contribution in [0, 0.1) is 20.8 Å². The molecule has 0 N–H and O–H groups in total. The number of rotatable bonds is 2. The van der Waals surface area contributed by atoms with Gasteiger partial charge in [0.05, 0.1) is 5.39 Å². The second-order valence-corrected chi connectivity index (χ2v) is 5.85.